The van der Waals surface area contributed by atoms with Crippen LogP contribution in [-0.4, -0.2) is 33.3 Å². The first-order valence-electron chi connectivity index (χ1n) is 5.13. The fourth-order valence-corrected chi connectivity index (χ4v) is 1.25. The van der Waals surface area contributed by atoms with Crippen LogP contribution < -0.4 is 5.32 Å². The second kappa shape index (κ2) is 7.03. The zero-order chi connectivity index (χ0) is 11.8. The molecule has 5 nitrogen and oxygen atoms in total. The number of ether oxygens (including phenoxy) is 2. The molecule has 0 saturated carbocycles. The molecule has 0 aromatic carbocycles. The van der Waals surface area contributed by atoms with Crippen molar-refractivity contribution in [2.24, 2.45) is 0 Å². The number of nitrogens with one attached hydrogen (secondary N) is 1. The largest absolute Gasteiger partial charge is 0.467 e. The summed E-state index contributed by atoms with van der Waals surface area (Å²) < 4.78 is 14.7. The Bertz CT molecular complexity index is 322. The van der Waals surface area contributed by atoms with Crippen molar-refractivity contribution in [3.8, 4) is 0 Å². The number of carbonyl (C=O) groups is 1. The van der Waals surface area contributed by atoms with Gasteiger partial charge in [-0.15, -0.1) is 0 Å². The summed E-state index contributed by atoms with van der Waals surface area (Å²) in [6, 6.07) is 1.68. The van der Waals surface area contributed by atoms with E-state index in [2.05, 4.69) is 10.1 Å². The van der Waals surface area contributed by atoms with Gasteiger partial charge in [-0.05, 0) is 19.0 Å². The first-order chi connectivity index (χ1) is 7.77. The highest BCUT2D eigenvalue weighted by molar-refractivity contribution is 5.88. The van der Waals surface area contributed by atoms with Gasteiger partial charge >= 0.3 is 5.97 Å². The third-order valence-electron chi connectivity index (χ3n) is 2.08. The Morgan fingerprint density at radius 1 is 1.50 bits per heavy atom. The highest BCUT2D eigenvalue weighted by atomic mass is 16.5. The van der Waals surface area contributed by atoms with Crippen molar-refractivity contribution < 1.29 is 18.7 Å². The van der Waals surface area contributed by atoms with Crippen LogP contribution in [0.3, 0.4) is 0 Å². The van der Waals surface area contributed by atoms with Gasteiger partial charge in [0.1, 0.15) is 12.0 Å². The predicted molar refractivity (Wildman–Crippen MR) is 58.2 cm³/mol. The van der Waals surface area contributed by atoms with Gasteiger partial charge in [-0.1, -0.05) is 0 Å². The molecule has 0 aliphatic carbocycles. The molecule has 1 aromatic heterocycles. The second-order valence-corrected chi connectivity index (χ2v) is 3.32. The Labute approximate surface area is 94.7 Å². The Kier molecular flexibility index (Phi) is 5.60. The lowest BCUT2D eigenvalue weighted by atomic mass is 10.3. The number of furan rings is 1. The molecule has 0 bridgehead atoms. The van der Waals surface area contributed by atoms with E-state index in [1.807, 2.05) is 0 Å². The topological polar surface area (TPSA) is 60.7 Å². The highest BCUT2D eigenvalue weighted by Gasteiger charge is 2.09. The van der Waals surface area contributed by atoms with Crippen molar-refractivity contribution in [1.82, 2.24) is 5.32 Å². The van der Waals surface area contributed by atoms with Crippen LogP contribution in [0.2, 0.25) is 0 Å². The average Bonchev–Trinajstić information content (AvgIpc) is 2.76. The lowest BCUT2D eigenvalue weighted by molar-refractivity contribution is 0.0600. The van der Waals surface area contributed by atoms with Crippen LogP contribution in [0.15, 0.2) is 16.7 Å². The maximum Gasteiger partial charge on any atom is 0.341 e. The second-order valence-electron chi connectivity index (χ2n) is 3.32. The summed E-state index contributed by atoms with van der Waals surface area (Å²) in [4.78, 5) is 11.1. The summed E-state index contributed by atoms with van der Waals surface area (Å²) in [5.41, 5.74) is 0.441. The SMILES string of the molecule is COCCCNCc1cc(C(=O)OC)co1. The molecular formula is C11H17NO4. The smallest absolute Gasteiger partial charge is 0.341 e. The van der Waals surface area contributed by atoms with Crippen LogP contribution in [0.25, 0.3) is 0 Å². The van der Waals surface area contributed by atoms with Crippen molar-refractivity contribution in [1.29, 1.82) is 0 Å². The fraction of sp³-hybridized carbons (Fsp3) is 0.545. The van der Waals surface area contributed by atoms with Crippen molar-refractivity contribution >= 4 is 5.97 Å². The van der Waals surface area contributed by atoms with E-state index in [4.69, 9.17) is 9.15 Å². The van der Waals surface area contributed by atoms with Crippen LogP contribution in [0.5, 0.6) is 0 Å². The summed E-state index contributed by atoms with van der Waals surface area (Å²) >= 11 is 0. The van der Waals surface area contributed by atoms with Crippen LogP contribution in [0.1, 0.15) is 22.5 Å². The van der Waals surface area contributed by atoms with Crippen LogP contribution in [-0.2, 0) is 16.0 Å². The molecule has 0 unspecified atom stereocenters. The lowest BCUT2D eigenvalue weighted by Gasteiger charge is -2.01. The third kappa shape index (κ3) is 4.04. The van der Waals surface area contributed by atoms with E-state index >= 15 is 0 Å². The summed E-state index contributed by atoms with van der Waals surface area (Å²) in [6.07, 6.45) is 2.35. The minimum absolute atomic E-state index is 0.380. The zero-order valence-corrected chi connectivity index (χ0v) is 9.62. The average molecular weight is 227 g/mol. The van der Waals surface area contributed by atoms with Crippen molar-refractivity contribution in [3.05, 3.63) is 23.7 Å². The monoisotopic (exact) mass is 227 g/mol. The quantitative estimate of drug-likeness (QED) is 0.560. The molecule has 1 rings (SSSR count). The molecule has 5 heteroatoms. The number of carbonyl (C=O) groups excluding carboxylic acids is 1. The molecule has 0 radical (unpaired) electrons. The predicted octanol–water partition coefficient (Wildman–Crippen LogP) is 1.19. The fourth-order valence-electron chi connectivity index (χ4n) is 1.25. The van der Waals surface area contributed by atoms with Gasteiger partial charge in [0.05, 0.1) is 19.2 Å². The van der Waals surface area contributed by atoms with Gasteiger partial charge in [-0.3, -0.25) is 0 Å². The Balaban J connectivity index is 2.27. The zero-order valence-electron chi connectivity index (χ0n) is 9.62. The van der Waals surface area contributed by atoms with E-state index in [0.717, 1.165) is 25.3 Å². The van der Waals surface area contributed by atoms with Gasteiger partial charge in [-0.2, -0.15) is 0 Å². The van der Waals surface area contributed by atoms with E-state index in [-0.39, 0.29) is 5.97 Å². The molecular weight excluding hydrogens is 210 g/mol. The molecule has 0 aliphatic heterocycles. The molecule has 0 atom stereocenters. The summed E-state index contributed by atoms with van der Waals surface area (Å²) in [7, 11) is 3.02. The van der Waals surface area contributed by atoms with Gasteiger partial charge in [-0.25, -0.2) is 4.79 Å². The van der Waals surface area contributed by atoms with Crippen molar-refractivity contribution in [2.45, 2.75) is 13.0 Å². The Morgan fingerprint density at radius 3 is 3.00 bits per heavy atom. The van der Waals surface area contributed by atoms with E-state index in [1.54, 1.807) is 13.2 Å². The summed E-state index contributed by atoms with van der Waals surface area (Å²) in [5.74, 6) is 0.340. The first-order valence-corrected chi connectivity index (χ1v) is 5.13. The Hall–Kier alpha value is -1.33. The maximum atomic E-state index is 11.1. The molecule has 1 aromatic rings. The summed E-state index contributed by atoms with van der Waals surface area (Å²) in [5, 5.41) is 3.18. The van der Waals surface area contributed by atoms with Gasteiger partial charge < -0.3 is 19.2 Å². The number of rotatable bonds is 7. The first kappa shape index (κ1) is 12.7. The molecule has 0 amide bonds. The Morgan fingerprint density at radius 2 is 2.31 bits per heavy atom. The summed E-state index contributed by atoms with van der Waals surface area (Å²) in [6.45, 7) is 2.18. The number of hydrogen-bond acceptors (Lipinski definition) is 5. The molecule has 16 heavy (non-hydrogen) atoms. The number of hydrogen-bond donors (Lipinski definition) is 1. The number of methoxy groups -OCH3 is 2. The standard InChI is InChI=1S/C11H17NO4/c1-14-5-3-4-12-7-10-6-9(8-16-10)11(13)15-2/h6,8,12H,3-5,7H2,1-2H3. The molecule has 1 N–H and O–H groups in total. The van der Waals surface area contributed by atoms with Crippen LogP contribution in [0.4, 0.5) is 0 Å². The molecule has 90 valence electrons. The van der Waals surface area contributed by atoms with Crippen molar-refractivity contribution in [3.63, 3.8) is 0 Å². The minimum atomic E-state index is -0.380. The third-order valence-corrected chi connectivity index (χ3v) is 2.08. The van der Waals surface area contributed by atoms with Gasteiger partial charge in [0.2, 0.25) is 0 Å². The van der Waals surface area contributed by atoms with E-state index in [0.29, 0.717) is 12.1 Å². The maximum absolute atomic E-state index is 11.1. The van der Waals surface area contributed by atoms with E-state index < -0.39 is 0 Å². The molecule has 0 aliphatic rings. The lowest BCUT2D eigenvalue weighted by Crippen LogP contribution is -2.15. The number of esters is 1. The highest BCUT2D eigenvalue weighted by Crippen LogP contribution is 2.08. The minimum Gasteiger partial charge on any atom is -0.467 e. The van der Waals surface area contributed by atoms with Crippen LogP contribution in [0, 0.1) is 0 Å². The van der Waals surface area contributed by atoms with Crippen LogP contribution >= 0.6 is 0 Å². The molecule has 0 spiro atoms. The van der Waals surface area contributed by atoms with Gasteiger partial charge in [0, 0.05) is 13.7 Å². The normalized spacial score (nSPS) is 10.4. The van der Waals surface area contributed by atoms with E-state index in [9.17, 15) is 4.79 Å². The van der Waals surface area contributed by atoms with E-state index in [1.165, 1.54) is 13.4 Å². The molecule has 1 heterocycles. The van der Waals surface area contributed by atoms with Gasteiger partial charge in [0.25, 0.3) is 0 Å². The van der Waals surface area contributed by atoms with Gasteiger partial charge in [0.15, 0.2) is 0 Å². The van der Waals surface area contributed by atoms with Crippen molar-refractivity contribution in [2.75, 3.05) is 27.4 Å². The molecule has 0 saturated heterocycles. The molecule has 0 fully saturated rings.